The third-order valence-corrected chi connectivity index (χ3v) is 5.70. The summed E-state index contributed by atoms with van der Waals surface area (Å²) in [5, 5.41) is 0.925. The van der Waals surface area contributed by atoms with Crippen molar-refractivity contribution in [1.82, 2.24) is 9.47 Å². The minimum atomic E-state index is -0.231. The van der Waals surface area contributed by atoms with Crippen LogP contribution < -0.4 is 9.64 Å². The molecular weight excluding hydrogens is 397 g/mol. The molecule has 1 saturated heterocycles. The van der Waals surface area contributed by atoms with Crippen LogP contribution in [0.4, 0.5) is 10.1 Å². The van der Waals surface area contributed by atoms with Gasteiger partial charge in [0.1, 0.15) is 17.3 Å². The van der Waals surface area contributed by atoms with E-state index in [9.17, 15) is 9.18 Å². The van der Waals surface area contributed by atoms with Crippen molar-refractivity contribution in [1.29, 1.82) is 0 Å². The van der Waals surface area contributed by atoms with E-state index >= 15 is 0 Å². The number of halogens is 1. The minimum absolute atomic E-state index is 0.0251. The van der Waals surface area contributed by atoms with Crippen LogP contribution in [0.2, 0.25) is 0 Å². The number of benzene rings is 2. The van der Waals surface area contributed by atoms with Crippen molar-refractivity contribution in [2.75, 3.05) is 51.4 Å². The number of fused-ring (bicyclic) bond motifs is 1. The molecule has 2 heterocycles. The quantitative estimate of drug-likeness (QED) is 0.578. The number of hydrogen-bond donors (Lipinski definition) is 0. The molecule has 0 aliphatic carbocycles. The Bertz CT molecular complexity index is 1060. The summed E-state index contributed by atoms with van der Waals surface area (Å²) in [6.07, 6.45) is 0. The molecule has 7 heteroatoms. The van der Waals surface area contributed by atoms with Gasteiger partial charge in [-0.1, -0.05) is 18.2 Å². The van der Waals surface area contributed by atoms with E-state index in [1.54, 1.807) is 19.2 Å². The molecule has 0 spiro atoms. The van der Waals surface area contributed by atoms with Crippen molar-refractivity contribution < 1.29 is 18.7 Å². The lowest BCUT2D eigenvalue weighted by Crippen LogP contribution is -2.49. The number of piperazine rings is 1. The molecule has 6 nitrogen and oxygen atoms in total. The first-order chi connectivity index (χ1) is 15.1. The van der Waals surface area contributed by atoms with Gasteiger partial charge in [0.15, 0.2) is 0 Å². The van der Waals surface area contributed by atoms with Crippen LogP contribution in [0.1, 0.15) is 17.4 Å². The first-order valence-electron chi connectivity index (χ1n) is 10.7. The van der Waals surface area contributed by atoms with Crippen LogP contribution in [0.25, 0.3) is 10.9 Å². The van der Waals surface area contributed by atoms with E-state index in [-0.39, 0.29) is 11.7 Å². The van der Waals surface area contributed by atoms with Gasteiger partial charge in [0.05, 0.1) is 24.4 Å². The number of rotatable bonds is 7. The summed E-state index contributed by atoms with van der Waals surface area (Å²) < 4.78 is 27.2. The van der Waals surface area contributed by atoms with Gasteiger partial charge in [0.2, 0.25) is 0 Å². The third-order valence-electron chi connectivity index (χ3n) is 5.70. The maximum Gasteiger partial charge on any atom is 0.270 e. The Morgan fingerprint density at radius 3 is 2.55 bits per heavy atom. The normalized spacial score (nSPS) is 14.3. The molecule has 1 aromatic heterocycles. The maximum atomic E-state index is 14.1. The highest BCUT2D eigenvalue weighted by molar-refractivity contribution is 6.00. The summed E-state index contributed by atoms with van der Waals surface area (Å²) in [6.45, 7) is 5.85. The fourth-order valence-electron chi connectivity index (χ4n) is 4.16. The molecule has 2 aromatic carbocycles. The summed E-state index contributed by atoms with van der Waals surface area (Å²) in [6, 6.07) is 14.6. The number of anilines is 1. The summed E-state index contributed by atoms with van der Waals surface area (Å²) in [5.74, 6) is 0.517. The van der Waals surface area contributed by atoms with Gasteiger partial charge in [0, 0.05) is 45.2 Å². The Labute approximate surface area is 181 Å². The largest absolute Gasteiger partial charge is 0.493 e. The fraction of sp³-hybridized carbons (Fsp3) is 0.375. The third kappa shape index (κ3) is 4.23. The molecule has 0 atom stereocenters. The van der Waals surface area contributed by atoms with Gasteiger partial charge >= 0.3 is 0 Å². The summed E-state index contributed by atoms with van der Waals surface area (Å²) in [4.78, 5) is 17.3. The van der Waals surface area contributed by atoms with E-state index in [0.29, 0.717) is 57.3 Å². The molecule has 1 amide bonds. The van der Waals surface area contributed by atoms with Gasteiger partial charge in [-0.15, -0.1) is 0 Å². The topological polar surface area (TPSA) is 46.9 Å². The first kappa shape index (κ1) is 21.2. The number of ether oxygens (including phenoxy) is 2. The molecule has 31 heavy (non-hydrogen) atoms. The van der Waals surface area contributed by atoms with E-state index in [1.165, 1.54) is 6.07 Å². The van der Waals surface area contributed by atoms with Crippen molar-refractivity contribution >= 4 is 22.5 Å². The number of aromatic nitrogens is 1. The van der Waals surface area contributed by atoms with E-state index in [1.807, 2.05) is 51.6 Å². The monoisotopic (exact) mass is 425 g/mol. The molecule has 4 rings (SSSR count). The number of amides is 1. The molecule has 0 saturated carbocycles. The molecule has 0 N–H and O–H groups in total. The van der Waals surface area contributed by atoms with Crippen molar-refractivity contribution in [2.24, 2.45) is 0 Å². The molecule has 1 aliphatic heterocycles. The van der Waals surface area contributed by atoms with Gasteiger partial charge in [0.25, 0.3) is 5.91 Å². The van der Waals surface area contributed by atoms with Crippen molar-refractivity contribution in [3.63, 3.8) is 0 Å². The lowest BCUT2D eigenvalue weighted by atomic mass is 10.2. The van der Waals surface area contributed by atoms with E-state index in [2.05, 4.69) is 0 Å². The Balaban J connectivity index is 1.58. The second-order valence-corrected chi connectivity index (χ2v) is 7.53. The second kappa shape index (κ2) is 9.39. The zero-order valence-electron chi connectivity index (χ0n) is 18.0. The summed E-state index contributed by atoms with van der Waals surface area (Å²) >= 11 is 0. The molecule has 1 fully saturated rings. The van der Waals surface area contributed by atoms with Gasteiger partial charge in [-0.2, -0.15) is 0 Å². The van der Waals surface area contributed by atoms with E-state index in [0.717, 1.165) is 16.7 Å². The Morgan fingerprint density at radius 1 is 1.06 bits per heavy atom. The highest BCUT2D eigenvalue weighted by atomic mass is 19.1. The van der Waals surface area contributed by atoms with Crippen LogP contribution in [-0.2, 0) is 11.3 Å². The smallest absolute Gasteiger partial charge is 0.270 e. The van der Waals surface area contributed by atoms with Crippen LogP contribution in [0.3, 0.4) is 0 Å². The van der Waals surface area contributed by atoms with Crippen LogP contribution >= 0.6 is 0 Å². The van der Waals surface area contributed by atoms with Crippen LogP contribution in [0.5, 0.6) is 5.75 Å². The summed E-state index contributed by atoms with van der Waals surface area (Å²) in [7, 11) is 1.65. The number of hydrogen-bond acceptors (Lipinski definition) is 4. The van der Waals surface area contributed by atoms with Crippen molar-refractivity contribution in [2.45, 2.75) is 13.5 Å². The van der Waals surface area contributed by atoms with E-state index < -0.39 is 0 Å². The zero-order chi connectivity index (χ0) is 21.8. The fourth-order valence-corrected chi connectivity index (χ4v) is 4.16. The standard InChI is InChI=1S/C24H28FN3O3/c1-3-31-23-10-6-9-20-18(23)17-22(28(20)15-16-30-2)24(29)27-13-11-26(12-14-27)21-8-5-4-7-19(21)25/h4-10,17H,3,11-16H2,1-2H3. The summed E-state index contributed by atoms with van der Waals surface area (Å²) in [5.41, 5.74) is 2.17. The lowest BCUT2D eigenvalue weighted by Gasteiger charge is -2.36. The number of carbonyl (C=O) groups excluding carboxylic acids is 1. The number of para-hydroxylation sites is 1. The SMILES string of the molecule is CCOc1cccc2c1cc(C(=O)N1CCN(c3ccccc3F)CC1)n2CCOC. The minimum Gasteiger partial charge on any atom is -0.493 e. The number of methoxy groups -OCH3 is 1. The van der Waals surface area contributed by atoms with Crippen molar-refractivity contribution in [3.05, 3.63) is 60.0 Å². The first-order valence-corrected chi connectivity index (χ1v) is 10.7. The van der Waals surface area contributed by atoms with Crippen LogP contribution in [0.15, 0.2) is 48.5 Å². The van der Waals surface area contributed by atoms with Crippen LogP contribution in [-0.4, -0.2) is 61.9 Å². The molecule has 164 valence electrons. The second-order valence-electron chi connectivity index (χ2n) is 7.53. The highest BCUT2D eigenvalue weighted by Gasteiger charge is 2.26. The van der Waals surface area contributed by atoms with Crippen LogP contribution in [0, 0.1) is 5.82 Å². The Hall–Kier alpha value is -3.06. The molecule has 3 aromatic rings. The van der Waals surface area contributed by atoms with Gasteiger partial charge in [-0.05, 0) is 37.3 Å². The molecule has 1 aliphatic rings. The van der Waals surface area contributed by atoms with Gasteiger partial charge in [-0.25, -0.2) is 4.39 Å². The maximum absolute atomic E-state index is 14.1. The average Bonchev–Trinajstić information content (AvgIpc) is 3.17. The predicted molar refractivity (Wildman–Crippen MR) is 119 cm³/mol. The molecule has 0 radical (unpaired) electrons. The number of nitrogens with zero attached hydrogens (tertiary/aromatic N) is 3. The lowest BCUT2D eigenvalue weighted by molar-refractivity contribution is 0.0734. The number of carbonyl (C=O) groups is 1. The highest BCUT2D eigenvalue weighted by Crippen LogP contribution is 2.30. The average molecular weight is 426 g/mol. The van der Waals surface area contributed by atoms with Crippen molar-refractivity contribution in [3.8, 4) is 5.75 Å². The zero-order valence-corrected chi connectivity index (χ0v) is 18.0. The Morgan fingerprint density at radius 2 is 1.84 bits per heavy atom. The molecule has 0 unspecified atom stereocenters. The predicted octanol–water partition coefficient (Wildman–Crippen LogP) is 3.79. The Kier molecular flexibility index (Phi) is 6.42. The van der Waals surface area contributed by atoms with Gasteiger partial charge < -0.3 is 23.8 Å². The van der Waals surface area contributed by atoms with Gasteiger partial charge in [-0.3, -0.25) is 4.79 Å². The molecular formula is C24H28FN3O3. The molecule has 0 bridgehead atoms. The van der Waals surface area contributed by atoms with E-state index in [4.69, 9.17) is 9.47 Å².